The van der Waals surface area contributed by atoms with Gasteiger partial charge < -0.3 is 5.73 Å². The van der Waals surface area contributed by atoms with E-state index in [0.29, 0.717) is 28.4 Å². The van der Waals surface area contributed by atoms with Crippen LogP contribution in [0.4, 0.5) is 5.69 Å². The molecular weight excluding hydrogens is 298 g/mol. The number of nitrogens with zero attached hydrogens (tertiary/aromatic N) is 4. The van der Waals surface area contributed by atoms with E-state index in [9.17, 15) is 4.79 Å². The minimum absolute atomic E-state index is 0.236. The van der Waals surface area contributed by atoms with Gasteiger partial charge in [0, 0.05) is 24.2 Å². The highest BCUT2D eigenvalue weighted by molar-refractivity contribution is 7.13. The van der Waals surface area contributed by atoms with E-state index in [1.807, 2.05) is 6.92 Å². The molecule has 3 rings (SSSR count). The van der Waals surface area contributed by atoms with Crippen molar-refractivity contribution in [2.75, 3.05) is 5.73 Å². The molecule has 0 saturated heterocycles. The van der Waals surface area contributed by atoms with E-state index in [-0.39, 0.29) is 16.4 Å². The molecular formula is C12H10ClN5OS. The molecule has 6 nitrogen and oxygen atoms in total. The molecule has 3 heterocycles. The average molecular weight is 308 g/mol. The van der Waals surface area contributed by atoms with Gasteiger partial charge in [0.1, 0.15) is 15.7 Å². The Bertz CT molecular complexity index is 843. The summed E-state index contributed by atoms with van der Waals surface area (Å²) in [5.41, 5.74) is 7.21. The zero-order valence-electron chi connectivity index (χ0n) is 10.5. The Morgan fingerprint density at radius 3 is 2.90 bits per heavy atom. The number of hydrogen-bond acceptors (Lipinski definition) is 6. The Labute approximate surface area is 122 Å². The van der Waals surface area contributed by atoms with Crippen molar-refractivity contribution in [3.8, 4) is 10.7 Å². The van der Waals surface area contributed by atoms with Crippen molar-refractivity contribution in [2.24, 2.45) is 0 Å². The predicted molar refractivity (Wildman–Crippen MR) is 80.0 cm³/mol. The zero-order chi connectivity index (χ0) is 14.3. The van der Waals surface area contributed by atoms with Crippen molar-refractivity contribution in [1.82, 2.24) is 19.5 Å². The number of nitrogen functional groups attached to an aromatic ring is 1. The Balaban J connectivity index is 2.46. The molecule has 3 aromatic heterocycles. The summed E-state index contributed by atoms with van der Waals surface area (Å²) in [5, 5.41) is 2.59. The summed E-state index contributed by atoms with van der Waals surface area (Å²) >= 11 is 7.25. The lowest BCUT2D eigenvalue weighted by Gasteiger charge is -2.10. The largest absolute Gasteiger partial charge is 0.397 e. The first kappa shape index (κ1) is 13.0. The van der Waals surface area contributed by atoms with Gasteiger partial charge in [0.25, 0.3) is 5.56 Å². The van der Waals surface area contributed by atoms with Crippen molar-refractivity contribution in [1.29, 1.82) is 0 Å². The fourth-order valence-electron chi connectivity index (χ4n) is 1.97. The van der Waals surface area contributed by atoms with Crippen molar-refractivity contribution in [3.05, 3.63) is 33.2 Å². The summed E-state index contributed by atoms with van der Waals surface area (Å²) in [4.78, 5) is 25.1. The Hall–Kier alpha value is -1.99. The molecule has 102 valence electrons. The normalized spacial score (nSPS) is 11.1. The van der Waals surface area contributed by atoms with Gasteiger partial charge in [0.05, 0.1) is 5.69 Å². The number of halogens is 1. The quantitative estimate of drug-likeness (QED) is 0.733. The zero-order valence-corrected chi connectivity index (χ0v) is 12.1. The number of rotatable bonds is 2. The lowest BCUT2D eigenvalue weighted by molar-refractivity contribution is 0.745. The topological polar surface area (TPSA) is 86.7 Å². The van der Waals surface area contributed by atoms with Gasteiger partial charge in [-0.25, -0.2) is 15.0 Å². The Morgan fingerprint density at radius 2 is 2.25 bits per heavy atom. The van der Waals surface area contributed by atoms with E-state index in [1.54, 1.807) is 11.6 Å². The highest BCUT2D eigenvalue weighted by Crippen LogP contribution is 2.24. The third-order valence-corrected chi connectivity index (χ3v) is 3.82. The van der Waals surface area contributed by atoms with Crippen LogP contribution in [0.3, 0.4) is 0 Å². The van der Waals surface area contributed by atoms with E-state index in [2.05, 4.69) is 15.0 Å². The SMILES string of the molecule is CCn1c(=O)c(-c2nccs2)nc2c(N)cc(Cl)nc21. The summed E-state index contributed by atoms with van der Waals surface area (Å²) in [7, 11) is 0. The number of hydrogen-bond donors (Lipinski definition) is 1. The van der Waals surface area contributed by atoms with Crippen LogP contribution in [-0.4, -0.2) is 19.5 Å². The fraction of sp³-hybridized carbons (Fsp3) is 0.167. The van der Waals surface area contributed by atoms with Crippen molar-refractivity contribution in [2.45, 2.75) is 13.5 Å². The molecule has 8 heteroatoms. The number of fused-ring (bicyclic) bond motifs is 1. The second-order valence-corrected chi connectivity index (χ2v) is 5.34. The standard InChI is InChI=1S/C12H10ClN5OS/c1-2-18-10-8(6(14)5-7(13)16-10)17-9(12(18)19)11-15-3-4-20-11/h3-5H,2H2,1H3,(H2,14,16). The van der Waals surface area contributed by atoms with Crippen LogP contribution in [0, 0.1) is 0 Å². The molecule has 0 aliphatic heterocycles. The summed E-state index contributed by atoms with van der Waals surface area (Å²) < 4.78 is 1.50. The molecule has 0 bridgehead atoms. The van der Waals surface area contributed by atoms with Crippen molar-refractivity contribution >= 4 is 39.8 Å². The molecule has 2 N–H and O–H groups in total. The maximum Gasteiger partial charge on any atom is 0.281 e. The number of pyridine rings is 1. The van der Waals surface area contributed by atoms with Gasteiger partial charge in [0.2, 0.25) is 0 Å². The summed E-state index contributed by atoms with van der Waals surface area (Å²) in [6.45, 7) is 2.30. The van der Waals surface area contributed by atoms with Crippen molar-refractivity contribution in [3.63, 3.8) is 0 Å². The van der Waals surface area contributed by atoms with E-state index >= 15 is 0 Å². The van der Waals surface area contributed by atoms with Gasteiger partial charge in [0.15, 0.2) is 11.3 Å². The molecule has 0 spiro atoms. The number of thiazole rings is 1. The van der Waals surface area contributed by atoms with Crippen LogP contribution in [-0.2, 0) is 6.54 Å². The van der Waals surface area contributed by atoms with Crippen molar-refractivity contribution < 1.29 is 0 Å². The third-order valence-electron chi connectivity index (χ3n) is 2.85. The Morgan fingerprint density at radius 1 is 1.45 bits per heavy atom. The van der Waals surface area contributed by atoms with Gasteiger partial charge in [-0.2, -0.15) is 0 Å². The minimum atomic E-state index is -0.246. The van der Waals surface area contributed by atoms with Crippen LogP contribution in [0.15, 0.2) is 22.4 Å². The fourth-order valence-corrected chi connectivity index (χ4v) is 2.79. The number of aryl methyl sites for hydroxylation is 1. The minimum Gasteiger partial charge on any atom is -0.397 e. The number of nitrogens with two attached hydrogens (primary N) is 1. The molecule has 20 heavy (non-hydrogen) atoms. The van der Waals surface area contributed by atoms with Crippen LogP contribution in [0.2, 0.25) is 5.15 Å². The van der Waals surface area contributed by atoms with Gasteiger partial charge in [-0.15, -0.1) is 11.3 Å². The molecule has 3 aromatic rings. The first-order chi connectivity index (χ1) is 9.61. The monoisotopic (exact) mass is 307 g/mol. The first-order valence-corrected chi connectivity index (χ1v) is 7.14. The molecule has 0 aliphatic carbocycles. The second kappa shape index (κ2) is 4.84. The van der Waals surface area contributed by atoms with E-state index in [1.165, 1.54) is 22.0 Å². The molecule has 0 amide bonds. The van der Waals surface area contributed by atoms with Crippen LogP contribution >= 0.6 is 22.9 Å². The van der Waals surface area contributed by atoms with Gasteiger partial charge in [-0.1, -0.05) is 11.6 Å². The molecule has 0 unspecified atom stereocenters. The molecule has 0 saturated carbocycles. The van der Waals surface area contributed by atoms with E-state index < -0.39 is 0 Å². The van der Waals surface area contributed by atoms with Crippen LogP contribution in [0.5, 0.6) is 0 Å². The van der Waals surface area contributed by atoms with E-state index in [0.717, 1.165) is 0 Å². The molecule has 0 aliphatic rings. The molecule has 0 aromatic carbocycles. The molecule has 0 atom stereocenters. The number of anilines is 1. The highest BCUT2D eigenvalue weighted by atomic mass is 35.5. The summed E-state index contributed by atoms with van der Waals surface area (Å²) in [5.74, 6) is 0. The number of aromatic nitrogens is 4. The maximum absolute atomic E-state index is 12.5. The predicted octanol–water partition coefficient (Wildman–Crippen LogP) is 2.17. The first-order valence-electron chi connectivity index (χ1n) is 5.88. The summed E-state index contributed by atoms with van der Waals surface area (Å²) in [6, 6.07) is 1.52. The van der Waals surface area contributed by atoms with Gasteiger partial charge in [-0.3, -0.25) is 9.36 Å². The average Bonchev–Trinajstić information content (AvgIpc) is 2.92. The van der Waals surface area contributed by atoms with Crippen LogP contribution in [0.25, 0.3) is 21.9 Å². The van der Waals surface area contributed by atoms with E-state index in [4.69, 9.17) is 17.3 Å². The lowest BCUT2D eigenvalue weighted by atomic mass is 10.3. The smallest absolute Gasteiger partial charge is 0.281 e. The lowest BCUT2D eigenvalue weighted by Crippen LogP contribution is -2.24. The summed E-state index contributed by atoms with van der Waals surface area (Å²) in [6.07, 6.45) is 1.63. The molecule has 0 radical (unpaired) electrons. The van der Waals surface area contributed by atoms with Crippen LogP contribution < -0.4 is 11.3 Å². The molecule has 0 fully saturated rings. The van der Waals surface area contributed by atoms with Gasteiger partial charge >= 0.3 is 0 Å². The third kappa shape index (κ3) is 1.95. The second-order valence-electron chi connectivity index (χ2n) is 4.05. The maximum atomic E-state index is 12.5. The van der Waals surface area contributed by atoms with Crippen LogP contribution in [0.1, 0.15) is 6.92 Å². The highest BCUT2D eigenvalue weighted by Gasteiger charge is 2.16. The van der Waals surface area contributed by atoms with Gasteiger partial charge in [-0.05, 0) is 6.92 Å². The Kier molecular flexibility index (Phi) is 3.15.